The minimum Gasteiger partial charge on any atom is -0.337 e. The number of hydrazine groups is 1. The van der Waals surface area contributed by atoms with E-state index in [0.717, 1.165) is 13.1 Å². The lowest BCUT2D eigenvalue weighted by Crippen LogP contribution is -2.31. The summed E-state index contributed by atoms with van der Waals surface area (Å²) in [5.41, 5.74) is 3.36. The zero-order valence-corrected chi connectivity index (χ0v) is 12.6. The highest BCUT2D eigenvalue weighted by Gasteiger charge is 2.31. The second-order valence-electron chi connectivity index (χ2n) is 5.95. The van der Waals surface area contributed by atoms with Crippen LogP contribution in [0.5, 0.6) is 0 Å². The van der Waals surface area contributed by atoms with Crippen LogP contribution in [0.15, 0.2) is 6.20 Å². The van der Waals surface area contributed by atoms with Gasteiger partial charge in [0.2, 0.25) is 0 Å². The van der Waals surface area contributed by atoms with Crippen molar-refractivity contribution in [3.8, 4) is 0 Å². The summed E-state index contributed by atoms with van der Waals surface area (Å²) in [5, 5.41) is 0. The first-order chi connectivity index (χ1) is 9.43. The number of rotatable bonds is 3. The number of amides is 1. The quantitative estimate of drug-likeness (QED) is 0.648. The van der Waals surface area contributed by atoms with Crippen molar-refractivity contribution in [2.24, 2.45) is 17.7 Å². The number of nitrogen functional groups attached to an aromatic ring is 1. The molecule has 110 valence electrons. The fourth-order valence-electron chi connectivity index (χ4n) is 2.39. The summed E-state index contributed by atoms with van der Waals surface area (Å²) in [4.78, 5) is 23.1. The standard InChI is InChI=1S/C14H23N5O/c1-8(2)13-16-5-11(18-15)12(17-13)14(20)19-6-9(3)10(4)7-19/h5,8-10,18H,6-7,15H2,1-4H3. The molecular formula is C14H23N5O. The molecule has 0 aromatic carbocycles. The Morgan fingerprint density at radius 2 is 2.00 bits per heavy atom. The van der Waals surface area contributed by atoms with Crippen molar-refractivity contribution in [1.29, 1.82) is 0 Å². The van der Waals surface area contributed by atoms with E-state index in [9.17, 15) is 4.79 Å². The number of hydrogen-bond donors (Lipinski definition) is 2. The monoisotopic (exact) mass is 277 g/mol. The number of nitrogens with zero attached hydrogens (tertiary/aromatic N) is 3. The Balaban J connectivity index is 2.30. The van der Waals surface area contributed by atoms with Crippen molar-refractivity contribution < 1.29 is 4.79 Å². The fraction of sp³-hybridized carbons (Fsp3) is 0.643. The third-order valence-corrected chi connectivity index (χ3v) is 3.96. The van der Waals surface area contributed by atoms with Gasteiger partial charge in [-0.3, -0.25) is 10.6 Å². The Morgan fingerprint density at radius 3 is 2.50 bits per heavy atom. The van der Waals surface area contributed by atoms with Gasteiger partial charge in [0.1, 0.15) is 5.82 Å². The number of nitrogens with one attached hydrogen (secondary N) is 1. The first-order valence-corrected chi connectivity index (χ1v) is 7.06. The number of nitrogens with two attached hydrogens (primary N) is 1. The lowest BCUT2D eigenvalue weighted by molar-refractivity contribution is 0.0779. The first-order valence-electron chi connectivity index (χ1n) is 7.06. The van der Waals surface area contributed by atoms with Gasteiger partial charge in [-0.2, -0.15) is 0 Å². The maximum absolute atomic E-state index is 12.6. The molecule has 0 aliphatic carbocycles. The van der Waals surface area contributed by atoms with Crippen molar-refractivity contribution in [3.05, 3.63) is 17.7 Å². The van der Waals surface area contributed by atoms with E-state index in [0.29, 0.717) is 29.0 Å². The summed E-state index contributed by atoms with van der Waals surface area (Å²) in [7, 11) is 0. The predicted molar refractivity (Wildman–Crippen MR) is 78.2 cm³/mol. The summed E-state index contributed by atoms with van der Waals surface area (Å²) in [6, 6.07) is 0. The van der Waals surface area contributed by atoms with Crippen LogP contribution < -0.4 is 11.3 Å². The van der Waals surface area contributed by atoms with Crippen LogP contribution in [0.1, 0.15) is 49.9 Å². The molecule has 3 N–H and O–H groups in total. The van der Waals surface area contributed by atoms with Crippen molar-refractivity contribution in [1.82, 2.24) is 14.9 Å². The van der Waals surface area contributed by atoms with E-state index >= 15 is 0 Å². The zero-order valence-electron chi connectivity index (χ0n) is 12.6. The number of carbonyl (C=O) groups excluding carboxylic acids is 1. The number of likely N-dealkylation sites (tertiary alicyclic amines) is 1. The summed E-state index contributed by atoms with van der Waals surface area (Å²) < 4.78 is 0. The van der Waals surface area contributed by atoms with E-state index in [-0.39, 0.29) is 11.8 Å². The molecule has 2 atom stereocenters. The zero-order chi connectivity index (χ0) is 14.9. The van der Waals surface area contributed by atoms with Gasteiger partial charge in [-0.25, -0.2) is 9.97 Å². The topological polar surface area (TPSA) is 84.1 Å². The molecule has 1 aliphatic rings. The summed E-state index contributed by atoms with van der Waals surface area (Å²) in [6.07, 6.45) is 1.58. The number of carbonyl (C=O) groups is 1. The molecule has 0 saturated carbocycles. The summed E-state index contributed by atoms with van der Waals surface area (Å²) in [6.45, 7) is 9.87. The molecule has 1 aromatic heterocycles. The van der Waals surface area contributed by atoms with E-state index in [1.165, 1.54) is 0 Å². The van der Waals surface area contributed by atoms with Gasteiger partial charge in [-0.1, -0.05) is 27.7 Å². The molecule has 0 bridgehead atoms. The van der Waals surface area contributed by atoms with Crippen molar-refractivity contribution in [2.45, 2.75) is 33.6 Å². The maximum atomic E-state index is 12.6. The van der Waals surface area contributed by atoms with E-state index in [4.69, 9.17) is 5.84 Å². The average molecular weight is 277 g/mol. The number of aromatic nitrogens is 2. The van der Waals surface area contributed by atoms with Crippen molar-refractivity contribution in [2.75, 3.05) is 18.5 Å². The Kier molecular flexibility index (Phi) is 4.23. The largest absolute Gasteiger partial charge is 0.337 e. The molecule has 2 heterocycles. The van der Waals surface area contributed by atoms with Crippen LogP contribution in [0.2, 0.25) is 0 Å². The first kappa shape index (κ1) is 14.7. The molecule has 1 aliphatic heterocycles. The van der Waals surface area contributed by atoms with Gasteiger partial charge in [0.15, 0.2) is 5.69 Å². The Labute approximate surface area is 119 Å². The molecule has 1 saturated heterocycles. The van der Waals surface area contributed by atoms with Gasteiger partial charge in [0, 0.05) is 19.0 Å². The van der Waals surface area contributed by atoms with Crippen LogP contribution in [0.25, 0.3) is 0 Å². The van der Waals surface area contributed by atoms with E-state index in [1.807, 2.05) is 18.7 Å². The molecule has 1 fully saturated rings. The molecule has 2 unspecified atom stereocenters. The van der Waals surface area contributed by atoms with Gasteiger partial charge in [-0.15, -0.1) is 0 Å². The van der Waals surface area contributed by atoms with Gasteiger partial charge in [0.25, 0.3) is 5.91 Å². The minimum atomic E-state index is -0.0709. The van der Waals surface area contributed by atoms with Crippen LogP contribution in [0.3, 0.4) is 0 Å². The van der Waals surface area contributed by atoms with Crippen LogP contribution in [-0.2, 0) is 0 Å². The van der Waals surface area contributed by atoms with Gasteiger partial charge in [-0.05, 0) is 11.8 Å². The highest BCUT2D eigenvalue weighted by atomic mass is 16.2. The van der Waals surface area contributed by atoms with E-state index in [2.05, 4.69) is 29.2 Å². The molecular weight excluding hydrogens is 254 g/mol. The molecule has 1 amide bonds. The van der Waals surface area contributed by atoms with Crippen LogP contribution in [0.4, 0.5) is 5.69 Å². The maximum Gasteiger partial charge on any atom is 0.274 e. The fourth-order valence-corrected chi connectivity index (χ4v) is 2.39. The lowest BCUT2D eigenvalue weighted by atomic mass is 10.0. The van der Waals surface area contributed by atoms with Gasteiger partial charge in [0.05, 0.1) is 11.9 Å². The Bertz CT molecular complexity index is 492. The average Bonchev–Trinajstić information content (AvgIpc) is 2.77. The third kappa shape index (κ3) is 2.75. The molecule has 2 rings (SSSR count). The van der Waals surface area contributed by atoms with Crippen molar-refractivity contribution >= 4 is 11.6 Å². The normalized spacial score (nSPS) is 22.4. The highest BCUT2D eigenvalue weighted by Crippen LogP contribution is 2.25. The van der Waals surface area contributed by atoms with Crippen LogP contribution in [0, 0.1) is 11.8 Å². The smallest absolute Gasteiger partial charge is 0.274 e. The number of hydrogen-bond acceptors (Lipinski definition) is 5. The van der Waals surface area contributed by atoms with Crippen molar-refractivity contribution in [3.63, 3.8) is 0 Å². The highest BCUT2D eigenvalue weighted by molar-refractivity contribution is 5.97. The van der Waals surface area contributed by atoms with Gasteiger partial charge >= 0.3 is 0 Å². The number of anilines is 1. The second-order valence-corrected chi connectivity index (χ2v) is 5.95. The molecule has 0 spiro atoms. The van der Waals surface area contributed by atoms with Crippen LogP contribution >= 0.6 is 0 Å². The molecule has 6 nitrogen and oxygen atoms in total. The molecule has 6 heteroatoms. The van der Waals surface area contributed by atoms with Crippen LogP contribution in [-0.4, -0.2) is 33.9 Å². The third-order valence-electron chi connectivity index (χ3n) is 3.96. The second kappa shape index (κ2) is 5.75. The minimum absolute atomic E-state index is 0.0709. The van der Waals surface area contributed by atoms with E-state index in [1.54, 1.807) is 6.20 Å². The molecule has 20 heavy (non-hydrogen) atoms. The SMILES string of the molecule is CC(C)c1ncc(NN)c(C(=O)N2CC(C)C(C)C2)n1. The summed E-state index contributed by atoms with van der Waals surface area (Å²) in [5.74, 6) is 7.25. The lowest BCUT2D eigenvalue weighted by Gasteiger charge is -2.18. The Hall–Kier alpha value is -1.69. The Morgan fingerprint density at radius 1 is 1.40 bits per heavy atom. The molecule has 0 radical (unpaired) electrons. The van der Waals surface area contributed by atoms with E-state index < -0.39 is 0 Å². The predicted octanol–water partition coefficient (Wildman–Crippen LogP) is 1.61. The van der Waals surface area contributed by atoms with Gasteiger partial charge < -0.3 is 10.3 Å². The molecule has 1 aromatic rings. The summed E-state index contributed by atoms with van der Waals surface area (Å²) >= 11 is 0.